The van der Waals surface area contributed by atoms with Gasteiger partial charge in [-0.05, 0) is 30.7 Å². The molecule has 4 nitrogen and oxygen atoms in total. The van der Waals surface area contributed by atoms with Gasteiger partial charge in [-0.3, -0.25) is 9.59 Å². The van der Waals surface area contributed by atoms with E-state index in [0.29, 0.717) is 16.3 Å². The first-order valence-electron chi connectivity index (χ1n) is 8.71. The molecule has 25 heavy (non-hydrogen) atoms. The predicted octanol–water partition coefficient (Wildman–Crippen LogP) is 5.81. The van der Waals surface area contributed by atoms with Gasteiger partial charge in [0, 0.05) is 21.4 Å². The Bertz CT molecular complexity index is 707. The molecule has 1 fully saturated rings. The van der Waals surface area contributed by atoms with E-state index in [0.717, 1.165) is 37.4 Å². The van der Waals surface area contributed by atoms with E-state index in [1.165, 1.54) is 6.42 Å². The van der Waals surface area contributed by atoms with Crippen LogP contribution in [0.4, 0.5) is 11.4 Å². The van der Waals surface area contributed by atoms with Crippen molar-refractivity contribution in [2.24, 2.45) is 10.8 Å². The minimum Gasteiger partial charge on any atom is -0.326 e. The van der Waals surface area contributed by atoms with Crippen molar-refractivity contribution in [3.05, 3.63) is 29.6 Å². The summed E-state index contributed by atoms with van der Waals surface area (Å²) < 4.78 is 0. The van der Waals surface area contributed by atoms with E-state index >= 15 is 0 Å². The van der Waals surface area contributed by atoms with Crippen LogP contribution in [0, 0.1) is 17.4 Å². The molecular formula is C20H26N2O2S. The van der Waals surface area contributed by atoms with Crippen LogP contribution in [-0.4, -0.2) is 11.0 Å². The largest absolute Gasteiger partial charge is 0.326 e. The maximum atomic E-state index is 12.8. The Kier molecular flexibility index (Phi) is 5.95. The van der Waals surface area contributed by atoms with E-state index < -0.39 is 5.41 Å². The summed E-state index contributed by atoms with van der Waals surface area (Å²) in [6, 6.07) is 5.10. The molecule has 0 radical (unpaired) electrons. The standard InChI is InChI=1S/C20H26N2O2S/c1-19(2,3)18(24)25-16-10-9-14(21-5)13-15(16)22-17(23)20(4)11-7-6-8-12-20/h9-10,13H,6-8,11-12H2,1-4H3,(H,22,23). The SMILES string of the molecule is [C-]#[N+]c1ccc(SC(=O)C(C)(C)C)c(NC(=O)C2(C)CCCCC2)c1. The highest BCUT2D eigenvalue weighted by Crippen LogP contribution is 2.39. The van der Waals surface area contributed by atoms with Crippen LogP contribution in [0.25, 0.3) is 4.85 Å². The number of thioether (sulfide) groups is 1. The van der Waals surface area contributed by atoms with E-state index in [2.05, 4.69) is 10.2 Å². The molecule has 0 bridgehead atoms. The number of rotatable bonds is 3. The number of amides is 1. The maximum absolute atomic E-state index is 12.8. The summed E-state index contributed by atoms with van der Waals surface area (Å²) >= 11 is 1.13. The normalized spacial score (nSPS) is 16.8. The van der Waals surface area contributed by atoms with Gasteiger partial charge in [-0.2, -0.15) is 0 Å². The summed E-state index contributed by atoms with van der Waals surface area (Å²) in [6.45, 7) is 14.8. The quantitative estimate of drug-likeness (QED) is 0.548. The second kappa shape index (κ2) is 7.61. The average molecular weight is 359 g/mol. The molecule has 0 atom stereocenters. The minimum absolute atomic E-state index is 0.0145. The molecule has 1 saturated carbocycles. The Morgan fingerprint density at radius 3 is 2.40 bits per heavy atom. The van der Waals surface area contributed by atoms with Crippen LogP contribution < -0.4 is 5.32 Å². The Morgan fingerprint density at radius 1 is 1.20 bits per heavy atom. The van der Waals surface area contributed by atoms with Crippen molar-refractivity contribution < 1.29 is 9.59 Å². The second-order valence-corrected chi connectivity index (χ2v) is 9.02. The molecule has 2 rings (SSSR count). The van der Waals surface area contributed by atoms with Gasteiger partial charge in [0.05, 0.1) is 6.57 Å². The highest BCUT2D eigenvalue weighted by molar-refractivity contribution is 8.13. The highest BCUT2D eigenvalue weighted by Gasteiger charge is 2.35. The molecule has 134 valence electrons. The van der Waals surface area contributed by atoms with Crippen LogP contribution >= 0.6 is 11.8 Å². The van der Waals surface area contributed by atoms with Crippen LogP contribution in [0.5, 0.6) is 0 Å². The summed E-state index contributed by atoms with van der Waals surface area (Å²) in [5.41, 5.74) is 0.173. The first kappa shape index (κ1) is 19.5. The van der Waals surface area contributed by atoms with Gasteiger partial charge in [-0.25, -0.2) is 4.85 Å². The van der Waals surface area contributed by atoms with Gasteiger partial charge in [0.25, 0.3) is 0 Å². The lowest BCUT2D eigenvalue weighted by Crippen LogP contribution is -2.35. The number of nitrogens with one attached hydrogen (secondary N) is 1. The zero-order chi connectivity index (χ0) is 18.7. The van der Waals surface area contributed by atoms with Gasteiger partial charge in [0.2, 0.25) is 5.91 Å². The van der Waals surface area contributed by atoms with Gasteiger partial charge in [-0.1, -0.05) is 59.1 Å². The number of benzene rings is 1. The smallest absolute Gasteiger partial charge is 0.230 e. The summed E-state index contributed by atoms with van der Waals surface area (Å²) in [5.74, 6) is -0.0145. The van der Waals surface area contributed by atoms with Crippen LogP contribution in [0.2, 0.25) is 0 Å². The lowest BCUT2D eigenvalue weighted by molar-refractivity contribution is -0.126. The van der Waals surface area contributed by atoms with Crippen molar-refractivity contribution in [3.8, 4) is 0 Å². The van der Waals surface area contributed by atoms with E-state index in [4.69, 9.17) is 6.57 Å². The first-order chi connectivity index (χ1) is 11.7. The van der Waals surface area contributed by atoms with Gasteiger partial charge < -0.3 is 5.32 Å². The molecule has 0 unspecified atom stereocenters. The lowest BCUT2D eigenvalue weighted by atomic mass is 9.75. The van der Waals surface area contributed by atoms with E-state index in [9.17, 15) is 9.59 Å². The van der Waals surface area contributed by atoms with E-state index in [1.807, 2.05) is 27.7 Å². The molecule has 1 aliphatic rings. The number of anilines is 1. The fourth-order valence-corrected chi connectivity index (χ4v) is 3.72. The molecular weight excluding hydrogens is 332 g/mol. The number of hydrogen-bond acceptors (Lipinski definition) is 3. The number of carbonyl (C=O) groups is 2. The predicted molar refractivity (Wildman–Crippen MR) is 103 cm³/mol. The number of hydrogen-bond donors (Lipinski definition) is 1. The first-order valence-corrected chi connectivity index (χ1v) is 9.53. The topological polar surface area (TPSA) is 50.5 Å². The third kappa shape index (κ3) is 4.85. The van der Waals surface area contributed by atoms with Gasteiger partial charge in [-0.15, -0.1) is 0 Å². The van der Waals surface area contributed by atoms with Crippen molar-refractivity contribution in [1.29, 1.82) is 0 Å². The highest BCUT2D eigenvalue weighted by atomic mass is 32.2. The van der Waals surface area contributed by atoms with Crippen molar-refractivity contribution in [2.45, 2.75) is 64.7 Å². The van der Waals surface area contributed by atoms with Crippen LogP contribution in [0.15, 0.2) is 23.1 Å². The lowest BCUT2D eigenvalue weighted by Gasteiger charge is -2.32. The molecule has 0 heterocycles. The molecule has 5 heteroatoms. The maximum Gasteiger partial charge on any atom is 0.230 e. The zero-order valence-corrected chi connectivity index (χ0v) is 16.3. The molecule has 0 spiro atoms. The third-order valence-electron chi connectivity index (χ3n) is 4.66. The van der Waals surface area contributed by atoms with Crippen LogP contribution in [-0.2, 0) is 9.59 Å². The Labute approximate surface area is 154 Å². The van der Waals surface area contributed by atoms with Crippen LogP contribution in [0.1, 0.15) is 59.8 Å². The summed E-state index contributed by atoms with van der Waals surface area (Å²) in [5, 5.41) is 3.03. The summed E-state index contributed by atoms with van der Waals surface area (Å²) in [7, 11) is 0. The van der Waals surface area contributed by atoms with Gasteiger partial charge >= 0.3 is 0 Å². The molecule has 0 aliphatic heterocycles. The monoisotopic (exact) mass is 358 g/mol. The molecule has 1 aliphatic carbocycles. The van der Waals surface area contributed by atoms with Crippen LogP contribution in [0.3, 0.4) is 0 Å². The molecule has 1 aromatic carbocycles. The number of nitrogens with zero attached hydrogens (tertiary/aromatic N) is 1. The van der Waals surface area contributed by atoms with Crippen molar-refractivity contribution in [2.75, 3.05) is 5.32 Å². The van der Waals surface area contributed by atoms with Gasteiger partial charge in [0.1, 0.15) is 0 Å². The molecule has 0 saturated heterocycles. The summed E-state index contributed by atoms with van der Waals surface area (Å²) in [6.07, 6.45) is 5.07. The van der Waals surface area contributed by atoms with Crippen molar-refractivity contribution >= 4 is 34.2 Å². The zero-order valence-electron chi connectivity index (χ0n) is 15.4. The molecule has 1 amide bonds. The minimum atomic E-state index is -0.472. The fraction of sp³-hybridized carbons (Fsp3) is 0.550. The fourth-order valence-electron chi connectivity index (χ4n) is 2.86. The number of carbonyl (C=O) groups excluding carboxylic acids is 2. The molecule has 0 aromatic heterocycles. The second-order valence-electron chi connectivity index (χ2n) is 8.01. The molecule has 1 aromatic rings. The van der Waals surface area contributed by atoms with E-state index in [1.54, 1.807) is 18.2 Å². The third-order valence-corrected chi connectivity index (χ3v) is 6.03. The Hall–Kier alpha value is -1.80. The molecule has 1 N–H and O–H groups in total. The average Bonchev–Trinajstić information content (AvgIpc) is 2.56. The van der Waals surface area contributed by atoms with Crippen molar-refractivity contribution in [1.82, 2.24) is 0 Å². The Balaban J connectivity index is 2.27. The Morgan fingerprint density at radius 2 is 1.84 bits per heavy atom. The van der Waals surface area contributed by atoms with E-state index in [-0.39, 0.29) is 16.4 Å². The summed E-state index contributed by atoms with van der Waals surface area (Å²) in [4.78, 5) is 29.4. The van der Waals surface area contributed by atoms with Crippen molar-refractivity contribution in [3.63, 3.8) is 0 Å². The van der Waals surface area contributed by atoms with Gasteiger partial charge in [0.15, 0.2) is 10.8 Å².